The Morgan fingerprint density at radius 1 is 1.29 bits per heavy atom. The van der Waals surface area contributed by atoms with Crippen LogP contribution in [0.1, 0.15) is 41.4 Å². The summed E-state index contributed by atoms with van der Waals surface area (Å²) >= 11 is 0. The van der Waals surface area contributed by atoms with Crippen LogP contribution in [0.15, 0.2) is 18.2 Å². The van der Waals surface area contributed by atoms with E-state index in [-0.39, 0.29) is 5.91 Å². The summed E-state index contributed by atoms with van der Waals surface area (Å²) in [4.78, 5) is 26.6. The Kier molecular flexibility index (Phi) is 3.41. The molecule has 1 heterocycles. The molecule has 5 heteroatoms. The van der Waals surface area contributed by atoms with E-state index in [2.05, 4.69) is 10.3 Å². The molecule has 0 saturated carbocycles. The van der Waals surface area contributed by atoms with Crippen molar-refractivity contribution in [2.24, 2.45) is 5.73 Å². The van der Waals surface area contributed by atoms with E-state index in [0.29, 0.717) is 5.56 Å². The van der Waals surface area contributed by atoms with Crippen LogP contribution in [-0.2, 0) is 17.6 Å². The van der Waals surface area contributed by atoms with Gasteiger partial charge in [-0.25, -0.2) is 0 Å². The zero-order valence-electron chi connectivity index (χ0n) is 12.0. The van der Waals surface area contributed by atoms with E-state index in [1.165, 1.54) is 24.1 Å². The number of aromatic amines is 1. The van der Waals surface area contributed by atoms with Crippen LogP contribution in [0.25, 0.3) is 10.9 Å². The molecule has 0 bridgehead atoms. The molecule has 0 aliphatic heterocycles. The Morgan fingerprint density at radius 2 is 2.05 bits per heavy atom. The van der Waals surface area contributed by atoms with Gasteiger partial charge in [0.2, 0.25) is 5.91 Å². The lowest BCUT2D eigenvalue weighted by atomic mass is 9.95. The van der Waals surface area contributed by atoms with Gasteiger partial charge in [-0.1, -0.05) is 0 Å². The smallest absolute Gasteiger partial charge is 0.251 e. The zero-order valence-corrected chi connectivity index (χ0v) is 12.0. The van der Waals surface area contributed by atoms with Crippen molar-refractivity contribution in [3.8, 4) is 0 Å². The monoisotopic (exact) mass is 285 g/mol. The van der Waals surface area contributed by atoms with Crippen molar-refractivity contribution >= 4 is 22.7 Å². The Bertz CT molecular complexity index is 718. The third kappa shape index (κ3) is 2.51. The molecule has 5 nitrogen and oxygen atoms in total. The van der Waals surface area contributed by atoms with E-state index in [4.69, 9.17) is 5.73 Å². The number of H-pyrrole nitrogens is 1. The fourth-order valence-electron chi connectivity index (χ4n) is 2.90. The van der Waals surface area contributed by atoms with Gasteiger partial charge in [-0.05, 0) is 56.4 Å². The van der Waals surface area contributed by atoms with Gasteiger partial charge in [0.05, 0.1) is 0 Å². The third-order valence-electron chi connectivity index (χ3n) is 4.13. The summed E-state index contributed by atoms with van der Waals surface area (Å²) < 4.78 is 0. The Balaban J connectivity index is 1.93. The summed E-state index contributed by atoms with van der Waals surface area (Å²) in [5.74, 6) is -0.808. The van der Waals surface area contributed by atoms with Crippen molar-refractivity contribution in [3.63, 3.8) is 0 Å². The highest BCUT2D eigenvalue weighted by atomic mass is 16.2. The molecule has 1 aromatic carbocycles. The van der Waals surface area contributed by atoms with Crippen LogP contribution in [0.4, 0.5) is 0 Å². The molecule has 1 aliphatic carbocycles. The molecule has 1 aromatic heterocycles. The molecule has 21 heavy (non-hydrogen) atoms. The number of aromatic nitrogens is 1. The van der Waals surface area contributed by atoms with Crippen LogP contribution in [0.5, 0.6) is 0 Å². The van der Waals surface area contributed by atoms with Crippen molar-refractivity contribution < 1.29 is 9.59 Å². The van der Waals surface area contributed by atoms with E-state index in [1.807, 2.05) is 12.1 Å². The lowest BCUT2D eigenvalue weighted by Crippen LogP contribution is -2.42. The first kappa shape index (κ1) is 13.7. The summed E-state index contributed by atoms with van der Waals surface area (Å²) in [7, 11) is 0. The maximum absolute atomic E-state index is 12.2. The SMILES string of the molecule is CC(NC(=O)c1ccc2[nH]c3c(c2c1)CCCC3)C(N)=O. The number of nitrogens with one attached hydrogen (secondary N) is 2. The minimum atomic E-state index is -0.673. The van der Waals surface area contributed by atoms with Gasteiger partial charge in [-0.2, -0.15) is 0 Å². The van der Waals surface area contributed by atoms with Gasteiger partial charge >= 0.3 is 0 Å². The lowest BCUT2D eigenvalue weighted by Gasteiger charge is -2.11. The predicted octanol–water partition coefficient (Wildman–Crippen LogP) is 1.65. The number of aryl methyl sites for hydroxylation is 2. The van der Waals surface area contributed by atoms with Crippen LogP contribution >= 0.6 is 0 Å². The first-order valence-electron chi connectivity index (χ1n) is 7.30. The number of primary amides is 1. The molecule has 0 spiro atoms. The number of carbonyl (C=O) groups is 2. The number of hydrogen-bond donors (Lipinski definition) is 3. The molecule has 3 rings (SSSR count). The van der Waals surface area contributed by atoms with Crippen LogP contribution in [-0.4, -0.2) is 22.8 Å². The van der Waals surface area contributed by atoms with Gasteiger partial charge in [-0.3, -0.25) is 9.59 Å². The fraction of sp³-hybridized carbons (Fsp3) is 0.375. The standard InChI is InChI=1S/C16H19N3O2/c1-9(15(17)20)18-16(21)10-6-7-14-12(8-10)11-4-2-3-5-13(11)19-14/h6-9,19H,2-5H2,1H3,(H2,17,20)(H,18,21). The maximum Gasteiger partial charge on any atom is 0.251 e. The molecule has 1 aliphatic rings. The van der Waals surface area contributed by atoms with E-state index in [0.717, 1.165) is 23.7 Å². The Hall–Kier alpha value is -2.30. The molecule has 4 N–H and O–H groups in total. The van der Waals surface area contributed by atoms with Gasteiger partial charge in [0.1, 0.15) is 6.04 Å². The zero-order chi connectivity index (χ0) is 15.0. The third-order valence-corrected chi connectivity index (χ3v) is 4.13. The number of hydrogen-bond acceptors (Lipinski definition) is 2. The quantitative estimate of drug-likeness (QED) is 0.800. The van der Waals surface area contributed by atoms with E-state index in [9.17, 15) is 9.59 Å². The van der Waals surface area contributed by atoms with Gasteiger partial charge in [0, 0.05) is 22.2 Å². The van der Waals surface area contributed by atoms with Crippen molar-refractivity contribution in [1.82, 2.24) is 10.3 Å². The van der Waals surface area contributed by atoms with Crippen LogP contribution in [0.3, 0.4) is 0 Å². The molecule has 110 valence electrons. The number of rotatable bonds is 3. The highest BCUT2D eigenvalue weighted by Gasteiger charge is 2.18. The number of fused-ring (bicyclic) bond motifs is 3. The minimum absolute atomic E-state index is 0.269. The summed E-state index contributed by atoms with van der Waals surface area (Å²) in [6.07, 6.45) is 4.53. The minimum Gasteiger partial charge on any atom is -0.368 e. The molecule has 0 radical (unpaired) electrons. The first-order valence-corrected chi connectivity index (χ1v) is 7.30. The second-order valence-corrected chi connectivity index (χ2v) is 5.65. The largest absolute Gasteiger partial charge is 0.368 e. The first-order chi connectivity index (χ1) is 10.1. The second-order valence-electron chi connectivity index (χ2n) is 5.65. The average molecular weight is 285 g/mol. The van der Waals surface area contributed by atoms with Crippen molar-refractivity contribution in [1.29, 1.82) is 0 Å². The molecule has 1 atom stereocenters. The molecule has 1 unspecified atom stereocenters. The summed E-state index contributed by atoms with van der Waals surface area (Å²) in [6, 6.07) is 4.93. The van der Waals surface area contributed by atoms with E-state index >= 15 is 0 Å². The molecule has 2 amide bonds. The van der Waals surface area contributed by atoms with E-state index < -0.39 is 11.9 Å². The van der Waals surface area contributed by atoms with Crippen LogP contribution < -0.4 is 11.1 Å². The molecular weight excluding hydrogens is 266 g/mol. The summed E-state index contributed by atoms with van der Waals surface area (Å²) in [5, 5.41) is 3.72. The van der Waals surface area contributed by atoms with Crippen molar-refractivity contribution in [3.05, 3.63) is 35.0 Å². The van der Waals surface area contributed by atoms with Gasteiger partial charge in [0.25, 0.3) is 5.91 Å². The maximum atomic E-state index is 12.2. The van der Waals surface area contributed by atoms with Crippen molar-refractivity contribution in [2.45, 2.75) is 38.6 Å². The van der Waals surface area contributed by atoms with Gasteiger partial charge in [-0.15, -0.1) is 0 Å². The summed E-state index contributed by atoms with van der Waals surface area (Å²) in [5.41, 5.74) is 9.42. The highest BCUT2D eigenvalue weighted by molar-refractivity contribution is 6.00. The normalized spacial score (nSPS) is 15.5. The Labute approximate surface area is 122 Å². The Morgan fingerprint density at radius 3 is 2.81 bits per heavy atom. The predicted molar refractivity (Wildman–Crippen MR) is 81.1 cm³/mol. The van der Waals surface area contributed by atoms with Gasteiger partial charge in [0.15, 0.2) is 0 Å². The van der Waals surface area contributed by atoms with Crippen LogP contribution in [0, 0.1) is 0 Å². The molecule has 0 saturated heterocycles. The fourth-order valence-corrected chi connectivity index (χ4v) is 2.90. The summed E-state index contributed by atoms with van der Waals surface area (Å²) in [6.45, 7) is 1.58. The molecule has 0 fully saturated rings. The highest BCUT2D eigenvalue weighted by Crippen LogP contribution is 2.29. The van der Waals surface area contributed by atoms with Crippen LogP contribution in [0.2, 0.25) is 0 Å². The second kappa shape index (κ2) is 5.24. The number of benzene rings is 1. The number of nitrogens with two attached hydrogens (primary N) is 1. The van der Waals surface area contributed by atoms with E-state index in [1.54, 1.807) is 13.0 Å². The number of amides is 2. The molecule has 2 aromatic rings. The number of carbonyl (C=O) groups excluding carboxylic acids is 2. The topological polar surface area (TPSA) is 88.0 Å². The van der Waals surface area contributed by atoms with Crippen molar-refractivity contribution in [2.75, 3.05) is 0 Å². The molecular formula is C16H19N3O2. The van der Waals surface area contributed by atoms with Gasteiger partial charge < -0.3 is 16.0 Å². The average Bonchev–Trinajstić information content (AvgIpc) is 2.84. The lowest BCUT2D eigenvalue weighted by molar-refractivity contribution is -0.119.